The van der Waals surface area contributed by atoms with E-state index in [0.29, 0.717) is 24.7 Å². The Morgan fingerprint density at radius 3 is 2.35 bits per heavy atom. The van der Waals surface area contributed by atoms with Gasteiger partial charge >= 0.3 is 0 Å². The van der Waals surface area contributed by atoms with Crippen molar-refractivity contribution in [1.29, 1.82) is 0 Å². The van der Waals surface area contributed by atoms with E-state index in [1.54, 1.807) is 25.2 Å². The van der Waals surface area contributed by atoms with Crippen LogP contribution < -0.4 is 14.8 Å². The van der Waals surface area contributed by atoms with Crippen LogP contribution in [0.15, 0.2) is 23.1 Å². The number of piperidine rings is 1. The van der Waals surface area contributed by atoms with Crippen molar-refractivity contribution in [2.75, 3.05) is 33.4 Å². The second-order valence-corrected chi connectivity index (χ2v) is 7.47. The molecule has 2 rings (SSSR count). The highest BCUT2D eigenvalue weighted by Gasteiger charge is 2.29. The lowest BCUT2D eigenvalue weighted by Gasteiger charge is -2.31. The average Bonchev–Trinajstić information content (AvgIpc) is 2.57. The minimum atomic E-state index is -3.54. The van der Waals surface area contributed by atoms with E-state index < -0.39 is 10.0 Å². The van der Waals surface area contributed by atoms with Crippen molar-refractivity contribution >= 4 is 10.0 Å². The molecule has 1 heterocycles. The summed E-state index contributed by atoms with van der Waals surface area (Å²) in [6, 6.07) is 4.84. The van der Waals surface area contributed by atoms with Gasteiger partial charge in [-0.05, 0) is 51.9 Å². The molecule has 0 amide bonds. The summed E-state index contributed by atoms with van der Waals surface area (Å²) in [5.74, 6) is 1.03. The molecule has 0 atom stereocenters. The predicted octanol–water partition coefficient (Wildman–Crippen LogP) is 1.86. The summed E-state index contributed by atoms with van der Waals surface area (Å²) < 4.78 is 38.2. The predicted molar refractivity (Wildman–Crippen MR) is 89.6 cm³/mol. The number of hydrogen-bond donors (Lipinski definition) is 1. The van der Waals surface area contributed by atoms with Crippen LogP contribution in [0.2, 0.25) is 0 Å². The summed E-state index contributed by atoms with van der Waals surface area (Å²) in [5.41, 5.74) is 0. The molecule has 23 heavy (non-hydrogen) atoms. The topological polar surface area (TPSA) is 67.9 Å². The Morgan fingerprint density at radius 1 is 1.13 bits per heavy atom. The molecule has 1 aromatic carbocycles. The molecule has 0 unspecified atom stereocenters. The van der Waals surface area contributed by atoms with Crippen LogP contribution in [0.3, 0.4) is 0 Å². The van der Waals surface area contributed by atoms with E-state index in [1.807, 2.05) is 13.8 Å². The molecule has 1 saturated heterocycles. The largest absolute Gasteiger partial charge is 0.490 e. The molecule has 1 aliphatic heterocycles. The molecule has 1 aliphatic rings. The number of rotatable bonds is 7. The molecule has 0 spiro atoms. The van der Waals surface area contributed by atoms with Gasteiger partial charge in [0, 0.05) is 19.2 Å². The van der Waals surface area contributed by atoms with Gasteiger partial charge in [-0.3, -0.25) is 0 Å². The number of ether oxygens (including phenoxy) is 2. The van der Waals surface area contributed by atoms with Crippen LogP contribution >= 0.6 is 0 Å². The molecule has 6 nitrogen and oxygen atoms in total. The summed E-state index contributed by atoms with van der Waals surface area (Å²) >= 11 is 0. The highest BCUT2D eigenvalue weighted by Crippen LogP contribution is 2.32. The first kappa shape index (κ1) is 18.0. The van der Waals surface area contributed by atoms with Gasteiger partial charge in [0.25, 0.3) is 0 Å². The fraction of sp³-hybridized carbons (Fsp3) is 0.625. The van der Waals surface area contributed by atoms with E-state index in [2.05, 4.69) is 5.32 Å². The van der Waals surface area contributed by atoms with Gasteiger partial charge in [0.15, 0.2) is 11.5 Å². The highest BCUT2D eigenvalue weighted by molar-refractivity contribution is 7.89. The number of nitrogens with zero attached hydrogens (tertiary/aromatic N) is 1. The van der Waals surface area contributed by atoms with Gasteiger partial charge in [-0.25, -0.2) is 8.42 Å². The van der Waals surface area contributed by atoms with E-state index >= 15 is 0 Å². The SMILES string of the molecule is CCOc1ccc(S(=O)(=O)N(C)C2CCNCC2)cc1OCC. The van der Waals surface area contributed by atoms with Crippen molar-refractivity contribution in [3.63, 3.8) is 0 Å². The third-order valence-corrected chi connectivity index (χ3v) is 5.92. The van der Waals surface area contributed by atoms with Crippen LogP contribution in [0.5, 0.6) is 11.5 Å². The monoisotopic (exact) mass is 342 g/mol. The Labute approximate surface area is 138 Å². The molecule has 1 fully saturated rings. The van der Waals surface area contributed by atoms with E-state index in [0.717, 1.165) is 25.9 Å². The third-order valence-electron chi connectivity index (χ3n) is 4.01. The molecular formula is C16H26N2O4S. The van der Waals surface area contributed by atoms with Gasteiger partial charge in [-0.1, -0.05) is 0 Å². The maximum atomic E-state index is 12.9. The lowest BCUT2D eigenvalue weighted by atomic mass is 10.1. The smallest absolute Gasteiger partial charge is 0.243 e. The van der Waals surface area contributed by atoms with Crippen LogP contribution in [0, 0.1) is 0 Å². The van der Waals surface area contributed by atoms with Crippen LogP contribution in [0.1, 0.15) is 26.7 Å². The van der Waals surface area contributed by atoms with Crippen molar-refractivity contribution < 1.29 is 17.9 Å². The maximum Gasteiger partial charge on any atom is 0.243 e. The van der Waals surface area contributed by atoms with Gasteiger partial charge < -0.3 is 14.8 Å². The molecule has 130 valence electrons. The Kier molecular flexibility index (Phi) is 6.26. The Bertz CT molecular complexity index is 613. The summed E-state index contributed by atoms with van der Waals surface area (Å²) in [4.78, 5) is 0.241. The molecule has 7 heteroatoms. The minimum Gasteiger partial charge on any atom is -0.490 e. The van der Waals surface area contributed by atoms with Crippen molar-refractivity contribution in [2.45, 2.75) is 37.6 Å². The quantitative estimate of drug-likeness (QED) is 0.819. The van der Waals surface area contributed by atoms with Crippen LogP contribution in [0.25, 0.3) is 0 Å². The normalized spacial score (nSPS) is 16.5. The van der Waals surface area contributed by atoms with Crippen LogP contribution in [0.4, 0.5) is 0 Å². The van der Waals surface area contributed by atoms with Gasteiger partial charge in [0.1, 0.15) is 0 Å². The Morgan fingerprint density at radius 2 is 1.74 bits per heavy atom. The first-order chi connectivity index (χ1) is 11.0. The average molecular weight is 342 g/mol. The van der Waals surface area contributed by atoms with Crippen LogP contribution in [-0.2, 0) is 10.0 Å². The van der Waals surface area contributed by atoms with E-state index in [4.69, 9.17) is 9.47 Å². The molecule has 0 radical (unpaired) electrons. The first-order valence-electron chi connectivity index (χ1n) is 8.09. The number of hydrogen-bond acceptors (Lipinski definition) is 5. The number of benzene rings is 1. The first-order valence-corrected chi connectivity index (χ1v) is 9.53. The van der Waals surface area contributed by atoms with Gasteiger partial charge in [0.2, 0.25) is 10.0 Å². The molecule has 0 aromatic heterocycles. The Balaban J connectivity index is 2.29. The molecule has 1 aromatic rings. The molecule has 0 saturated carbocycles. The lowest BCUT2D eigenvalue weighted by Crippen LogP contribution is -2.43. The zero-order chi connectivity index (χ0) is 16.9. The Hall–Kier alpha value is -1.31. The van der Waals surface area contributed by atoms with Gasteiger partial charge in [-0.15, -0.1) is 0 Å². The summed E-state index contributed by atoms with van der Waals surface area (Å²) in [7, 11) is -1.89. The van der Waals surface area contributed by atoms with Crippen molar-refractivity contribution in [3.8, 4) is 11.5 Å². The minimum absolute atomic E-state index is 0.0309. The van der Waals surface area contributed by atoms with Gasteiger partial charge in [0.05, 0.1) is 18.1 Å². The van der Waals surface area contributed by atoms with E-state index in [-0.39, 0.29) is 10.9 Å². The molecule has 1 N–H and O–H groups in total. The third kappa shape index (κ3) is 4.16. The fourth-order valence-electron chi connectivity index (χ4n) is 2.72. The molecular weight excluding hydrogens is 316 g/mol. The molecule has 0 aliphatic carbocycles. The zero-order valence-electron chi connectivity index (χ0n) is 14.0. The summed E-state index contributed by atoms with van der Waals surface area (Å²) in [6.07, 6.45) is 1.65. The maximum absolute atomic E-state index is 12.9. The van der Waals surface area contributed by atoms with E-state index in [9.17, 15) is 8.42 Å². The summed E-state index contributed by atoms with van der Waals surface area (Å²) in [6.45, 7) is 6.38. The van der Waals surface area contributed by atoms with Crippen LogP contribution in [-0.4, -0.2) is 52.1 Å². The van der Waals surface area contributed by atoms with E-state index in [1.165, 1.54) is 4.31 Å². The second kappa shape index (κ2) is 7.99. The highest BCUT2D eigenvalue weighted by atomic mass is 32.2. The van der Waals surface area contributed by atoms with Gasteiger partial charge in [-0.2, -0.15) is 4.31 Å². The fourth-order valence-corrected chi connectivity index (χ4v) is 4.16. The number of nitrogens with one attached hydrogen (secondary N) is 1. The zero-order valence-corrected chi connectivity index (χ0v) is 14.9. The summed E-state index contributed by atoms with van der Waals surface area (Å²) in [5, 5.41) is 3.25. The molecule has 0 bridgehead atoms. The van der Waals surface area contributed by atoms with Crippen molar-refractivity contribution in [2.24, 2.45) is 0 Å². The lowest BCUT2D eigenvalue weighted by molar-refractivity contribution is 0.285. The number of sulfonamides is 1. The second-order valence-electron chi connectivity index (χ2n) is 5.48. The standard InChI is InChI=1S/C16H26N2O4S/c1-4-21-15-7-6-14(12-16(15)22-5-2)23(19,20)18(3)13-8-10-17-11-9-13/h6-7,12-13,17H,4-5,8-11H2,1-3H3. The van der Waals surface area contributed by atoms with Crippen molar-refractivity contribution in [3.05, 3.63) is 18.2 Å². The van der Waals surface area contributed by atoms with Crippen molar-refractivity contribution in [1.82, 2.24) is 9.62 Å².